The van der Waals surface area contributed by atoms with Crippen molar-refractivity contribution in [1.82, 2.24) is 0 Å². The fraction of sp³-hybridized carbons (Fsp3) is 0.0909. The van der Waals surface area contributed by atoms with Crippen molar-refractivity contribution in [2.45, 2.75) is 6.92 Å². The maximum Gasteiger partial charge on any atom is 0.308 e. The van der Waals surface area contributed by atoms with Gasteiger partial charge >= 0.3 is 5.97 Å². The maximum absolute atomic E-state index is 11.6. The summed E-state index contributed by atoms with van der Waals surface area (Å²) in [6.07, 6.45) is 0. The van der Waals surface area contributed by atoms with Gasteiger partial charge in [0.15, 0.2) is 5.76 Å². The molecule has 0 fully saturated rings. The number of rotatable bonds is 3. The van der Waals surface area contributed by atoms with Crippen LogP contribution in [0.4, 0.5) is 0 Å². The van der Waals surface area contributed by atoms with E-state index in [0.717, 1.165) is 0 Å². The van der Waals surface area contributed by atoms with Gasteiger partial charge in [-0.1, -0.05) is 18.2 Å². The zero-order valence-corrected chi connectivity index (χ0v) is 8.88. The molecule has 1 aromatic carbocycles. The molecule has 4 heteroatoms. The van der Waals surface area contributed by atoms with Crippen LogP contribution in [-0.4, -0.2) is 11.8 Å². The largest absolute Gasteiger partial charge is 0.423 e. The van der Waals surface area contributed by atoms with Crippen LogP contribution in [0.5, 0.6) is 0 Å². The van der Waals surface area contributed by atoms with Crippen molar-refractivity contribution in [1.29, 1.82) is 0 Å². The van der Waals surface area contributed by atoms with Crippen LogP contribution in [0.1, 0.15) is 17.3 Å². The molecule has 0 spiro atoms. The van der Waals surface area contributed by atoms with Crippen molar-refractivity contribution in [3.8, 4) is 0 Å². The summed E-state index contributed by atoms with van der Waals surface area (Å²) in [4.78, 5) is 22.2. The number of allylic oxidation sites excluding steroid dienone is 1. The zero-order valence-electron chi connectivity index (χ0n) is 8.12. The Bertz CT molecular complexity index is 406. The van der Waals surface area contributed by atoms with E-state index in [0.29, 0.717) is 10.6 Å². The first-order valence-electron chi connectivity index (χ1n) is 4.18. The average Bonchev–Trinajstić information content (AvgIpc) is 2.17. The van der Waals surface area contributed by atoms with Crippen LogP contribution >= 0.6 is 11.6 Å². The summed E-state index contributed by atoms with van der Waals surface area (Å²) in [5.41, 5.74) is 0.380. The minimum absolute atomic E-state index is 0.190. The lowest BCUT2D eigenvalue weighted by Gasteiger charge is -2.03. The summed E-state index contributed by atoms with van der Waals surface area (Å²) in [6, 6.07) is 6.24. The molecule has 0 bridgehead atoms. The molecule has 0 unspecified atom stereocenters. The van der Waals surface area contributed by atoms with E-state index in [1.165, 1.54) is 6.92 Å². The summed E-state index contributed by atoms with van der Waals surface area (Å²) >= 11 is 5.66. The van der Waals surface area contributed by atoms with E-state index < -0.39 is 11.8 Å². The van der Waals surface area contributed by atoms with Gasteiger partial charge in [-0.05, 0) is 24.3 Å². The van der Waals surface area contributed by atoms with Gasteiger partial charge in [0.1, 0.15) is 0 Å². The monoisotopic (exact) mass is 224 g/mol. The molecule has 0 N–H and O–H groups in total. The summed E-state index contributed by atoms with van der Waals surface area (Å²) in [5, 5.41) is 0.532. The molecule has 0 aliphatic carbocycles. The Hall–Kier alpha value is -1.61. The Morgan fingerprint density at radius 2 is 1.80 bits per heavy atom. The average molecular weight is 225 g/mol. The molecule has 1 rings (SSSR count). The molecule has 0 atom stereocenters. The van der Waals surface area contributed by atoms with Gasteiger partial charge in [-0.3, -0.25) is 9.59 Å². The number of hydrogen-bond acceptors (Lipinski definition) is 3. The van der Waals surface area contributed by atoms with E-state index in [1.807, 2.05) is 0 Å². The standard InChI is InChI=1S/C11H9ClO3/c1-7(15-8(2)13)11(14)9-3-5-10(12)6-4-9/h3-6H,1H2,2H3. The second-order valence-electron chi connectivity index (χ2n) is 2.85. The summed E-state index contributed by atoms with van der Waals surface area (Å²) in [6.45, 7) is 4.58. The molecule has 0 heterocycles. The molecule has 0 saturated carbocycles. The number of esters is 1. The zero-order chi connectivity index (χ0) is 11.4. The van der Waals surface area contributed by atoms with Gasteiger partial charge in [0, 0.05) is 17.5 Å². The summed E-state index contributed by atoms with van der Waals surface area (Å²) < 4.78 is 4.58. The van der Waals surface area contributed by atoms with Gasteiger partial charge in [-0.2, -0.15) is 0 Å². The fourth-order valence-electron chi connectivity index (χ4n) is 0.982. The van der Waals surface area contributed by atoms with Crippen molar-refractivity contribution < 1.29 is 14.3 Å². The van der Waals surface area contributed by atoms with Crippen LogP contribution in [-0.2, 0) is 9.53 Å². The quantitative estimate of drug-likeness (QED) is 0.343. The van der Waals surface area contributed by atoms with Gasteiger partial charge in [0.2, 0.25) is 5.78 Å². The van der Waals surface area contributed by atoms with Gasteiger partial charge < -0.3 is 4.74 Å². The number of carbonyl (C=O) groups is 2. The Morgan fingerprint density at radius 1 is 1.27 bits per heavy atom. The van der Waals surface area contributed by atoms with Crippen molar-refractivity contribution >= 4 is 23.4 Å². The van der Waals surface area contributed by atoms with Crippen LogP contribution in [0, 0.1) is 0 Å². The second kappa shape index (κ2) is 4.75. The Balaban J connectivity index is 2.81. The third-order valence-electron chi connectivity index (χ3n) is 1.63. The fourth-order valence-corrected chi connectivity index (χ4v) is 1.11. The Labute approximate surface area is 92.3 Å². The molecule has 0 aliphatic heterocycles. The SMILES string of the molecule is C=C(OC(C)=O)C(=O)c1ccc(Cl)cc1. The van der Waals surface area contributed by atoms with Crippen LogP contribution in [0.2, 0.25) is 5.02 Å². The lowest BCUT2D eigenvalue weighted by molar-refractivity contribution is -0.136. The predicted octanol–water partition coefficient (Wildman–Crippen LogP) is 2.60. The highest BCUT2D eigenvalue weighted by atomic mass is 35.5. The van der Waals surface area contributed by atoms with Gasteiger partial charge in [-0.15, -0.1) is 0 Å². The smallest absolute Gasteiger partial charge is 0.308 e. The van der Waals surface area contributed by atoms with E-state index in [-0.39, 0.29) is 5.76 Å². The molecule has 0 aliphatic rings. The number of benzene rings is 1. The number of carbonyl (C=O) groups excluding carboxylic acids is 2. The van der Waals surface area contributed by atoms with Gasteiger partial charge in [0.05, 0.1) is 0 Å². The van der Waals surface area contributed by atoms with Crippen molar-refractivity contribution in [2.24, 2.45) is 0 Å². The topological polar surface area (TPSA) is 43.4 Å². The lowest BCUT2D eigenvalue weighted by Crippen LogP contribution is -2.08. The van der Waals surface area contributed by atoms with Crippen LogP contribution in [0.25, 0.3) is 0 Å². The van der Waals surface area contributed by atoms with Crippen molar-refractivity contribution in [2.75, 3.05) is 0 Å². The van der Waals surface area contributed by atoms with E-state index in [9.17, 15) is 9.59 Å². The third kappa shape index (κ3) is 3.22. The van der Waals surface area contributed by atoms with Gasteiger partial charge in [-0.25, -0.2) is 0 Å². The van der Waals surface area contributed by atoms with Gasteiger partial charge in [0.25, 0.3) is 0 Å². The molecule has 0 aromatic heterocycles. The minimum Gasteiger partial charge on any atom is -0.423 e. The van der Waals surface area contributed by atoms with Crippen LogP contribution in [0.15, 0.2) is 36.6 Å². The number of ketones is 1. The van der Waals surface area contributed by atoms with Crippen molar-refractivity contribution in [3.63, 3.8) is 0 Å². The highest BCUT2D eigenvalue weighted by molar-refractivity contribution is 6.30. The molecule has 78 valence electrons. The van der Waals surface area contributed by atoms with E-state index >= 15 is 0 Å². The second-order valence-corrected chi connectivity index (χ2v) is 3.29. The third-order valence-corrected chi connectivity index (χ3v) is 1.88. The van der Waals surface area contributed by atoms with E-state index in [1.54, 1.807) is 24.3 Å². The summed E-state index contributed by atoms with van der Waals surface area (Å²) in [7, 11) is 0. The number of Topliss-reactive ketones (excluding diaryl/α,β-unsaturated/α-hetero) is 1. The molecule has 1 aromatic rings. The predicted molar refractivity (Wildman–Crippen MR) is 56.7 cm³/mol. The number of hydrogen-bond donors (Lipinski definition) is 0. The number of ether oxygens (including phenoxy) is 1. The first-order valence-corrected chi connectivity index (χ1v) is 4.56. The van der Waals surface area contributed by atoms with Crippen LogP contribution < -0.4 is 0 Å². The highest BCUT2D eigenvalue weighted by Gasteiger charge is 2.12. The molecular weight excluding hydrogens is 216 g/mol. The molecule has 0 saturated heterocycles. The Morgan fingerprint density at radius 3 is 2.27 bits per heavy atom. The molecule has 0 radical (unpaired) electrons. The maximum atomic E-state index is 11.6. The molecule has 15 heavy (non-hydrogen) atoms. The van der Waals surface area contributed by atoms with E-state index in [2.05, 4.69) is 11.3 Å². The van der Waals surface area contributed by atoms with Crippen molar-refractivity contribution in [3.05, 3.63) is 47.2 Å². The Kier molecular flexibility index (Phi) is 3.63. The van der Waals surface area contributed by atoms with E-state index in [4.69, 9.17) is 11.6 Å². The summed E-state index contributed by atoms with van der Waals surface area (Å²) in [5.74, 6) is -1.19. The highest BCUT2D eigenvalue weighted by Crippen LogP contribution is 2.13. The lowest BCUT2D eigenvalue weighted by atomic mass is 10.1. The van der Waals surface area contributed by atoms with Crippen LogP contribution in [0.3, 0.4) is 0 Å². The number of halogens is 1. The first kappa shape index (κ1) is 11.5. The molecule has 3 nitrogen and oxygen atoms in total. The molecular formula is C11H9ClO3. The first-order chi connectivity index (χ1) is 7.00. The normalized spacial score (nSPS) is 9.47. The minimum atomic E-state index is -0.567. The molecule has 0 amide bonds.